The van der Waals surface area contributed by atoms with Crippen molar-refractivity contribution in [2.24, 2.45) is 0 Å². The maximum absolute atomic E-state index is 13.0. The van der Waals surface area contributed by atoms with Gasteiger partial charge < -0.3 is 4.74 Å². The number of halogens is 3. The van der Waals surface area contributed by atoms with E-state index in [0.29, 0.717) is 34.2 Å². The van der Waals surface area contributed by atoms with E-state index >= 15 is 0 Å². The molecule has 3 aromatic rings. The Hall–Kier alpha value is -1.97. The lowest BCUT2D eigenvalue weighted by molar-refractivity contribution is 0.0678. The molecule has 10 heteroatoms. The van der Waals surface area contributed by atoms with Crippen LogP contribution < -0.4 is 5.56 Å². The molecule has 0 bridgehead atoms. The molecule has 0 saturated heterocycles. The van der Waals surface area contributed by atoms with Gasteiger partial charge >= 0.3 is 6.55 Å². The Bertz CT molecular complexity index is 977. The van der Waals surface area contributed by atoms with Gasteiger partial charge in [-0.05, 0) is 18.2 Å². The molecule has 0 aliphatic carbocycles. The summed E-state index contributed by atoms with van der Waals surface area (Å²) in [5.41, 5.74) is 0.222. The van der Waals surface area contributed by atoms with Crippen LogP contribution in [0.25, 0.3) is 10.9 Å². The van der Waals surface area contributed by atoms with E-state index in [-0.39, 0.29) is 17.1 Å². The van der Waals surface area contributed by atoms with Gasteiger partial charge in [0.2, 0.25) is 0 Å². The summed E-state index contributed by atoms with van der Waals surface area (Å²) in [7, 11) is 1.53. The summed E-state index contributed by atoms with van der Waals surface area (Å²) in [6.45, 7) is -2.06. The monoisotopic (exact) mass is 400 g/mol. The fraction of sp³-hybridized carbons (Fsp3) is 0.312. The predicted molar refractivity (Wildman–Crippen MR) is 95.9 cm³/mol. The van der Waals surface area contributed by atoms with Crippen molar-refractivity contribution in [3.63, 3.8) is 0 Å². The third-order valence-electron chi connectivity index (χ3n) is 3.69. The number of methoxy groups -OCH3 is 1. The summed E-state index contributed by atoms with van der Waals surface area (Å²) in [6.07, 6.45) is 2.53. The molecule has 0 radical (unpaired) electrons. The molecule has 1 aromatic carbocycles. The second-order valence-corrected chi connectivity index (χ2v) is 6.70. The zero-order chi connectivity index (χ0) is 18.7. The van der Waals surface area contributed by atoms with Crippen LogP contribution in [0.5, 0.6) is 0 Å². The van der Waals surface area contributed by atoms with E-state index in [1.54, 1.807) is 18.2 Å². The van der Waals surface area contributed by atoms with E-state index in [9.17, 15) is 13.6 Å². The Kier molecular flexibility index (Phi) is 5.90. The maximum atomic E-state index is 13.0. The fourth-order valence-electron chi connectivity index (χ4n) is 2.43. The number of aromatic nitrogens is 4. The first-order chi connectivity index (χ1) is 12.5. The second-order valence-electron chi connectivity index (χ2n) is 5.32. The second kappa shape index (κ2) is 8.15. The highest BCUT2D eigenvalue weighted by molar-refractivity contribution is 7.98. The van der Waals surface area contributed by atoms with Crippen molar-refractivity contribution in [1.82, 2.24) is 19.1 Å². The number of alkyl halides is 2. The van der Waals surface area contributed by atoms with Crippen molar-refractivity contribution in [2.75, 3.05) is 13.7 Å². The van der Waals surface area contributed by atoms with E-state index in [1.165, 1.54) is 24.1 Å². The van der Waals surface area contributed by atoms with E-state index in [0.717, 1.165) is 16.3 Å². The predicted octanol–water partition coefficient (Wildman–Crippen LogP) is 3.58. The van der Waals surface area contributed by atoms with E-state index in [1.807, 2.05) is 0 Å². The van der Waals surface area contributed by atoms with Crippen molar-refractivity contribution < 1.29 is 13.5 Å². The van der Waals surface area contributed by atoms with Gasteiger partial charge in [-0.25, -0.2) is 9.97 Å². The van der Waals surface area contributed by atoms with Crippen LogP contribution in [-0.4, -0.2) is 32.8 Å². The molecule has 6 nitrogen and oxygen atoms in total. The smallest absolute Gasteiger partial charge is 0.319 e. The van der Waals surface area contributed by atoms with E-state index < -0.39 is 6.55 Å². The van der Waals surface area contributed by atoms with Crippen molar-refractivity contribution in [1.29, 1.82) is 0 Å². The Balaban J connectivity index is 1.99. The van der Waals surface area contributed by atoms with Crippen LogP contribution in [0.4, 0.5) is 8.78 Å². The summed E-state index contributed by atoms with van der Waals surface area (Å²) in [5, 5.41) is 1.29. The molecule has 2 heterocycles. The van der Waals surface area contributed by atoms with Gasteiger partial charge in [-0.15, -0.1) is 0 Å². The maximum Gasteiger partial charge on any atom is 0.319 e. The van der Waals surface area contributed by atoms with Gasteiger partial charge in [0.05, 0.1) is 29.8 Å². The van der Waals surface area contributed by atoms with Gasteiger partial charge in [0.15, 0.2) is 5.16 Å². The Morgan fingerprint density at radius 1 is 1.38 bits per heavy atom. The first-order valence-corrected chi connectivity index (χ1v) is 8.99. The van der Waals surface area contributed by atoms with E-state index in [4.69, 9.17) is 16.3 Å². The highest BCUT2D eigenvalue weighted by atomic mass is 35.5. The number of hydrogen-bond acceptors (Lipinski definition) is 5. The average Bonchev–Trinajstić information content (AvgIpc) is 3.08. The lowest BCUT2D eigenvalue weighted by Crippen LogP contribution is -2.25. The molecular formula is C16H15ClF2N4O2S. The molecule has 0 fully saturated rings. The minimum Gasteiger partial charge on any atom is -0.383 e. The number of hydrogen-bond donors (Lipinski definition) is 0. The summed E-state index contributed by atoms with van der Waals surface area (Å²) < 4.78 is 33.2. The summed E-state index contributed by atoms with van der Waals surface area (Å²) >= 11 is 7.15. The minimum atomic E-state index is -2.67. The molecule has 138 valence electrons. The Morgan fingerprint density at radius 2 is 2.19 bits per heavy atom. The van der Waals surface area contributed by atoms with Gasteiger partial charge in [0, 0.05) is 24.5 Å². The van der Waals surface area contributed by atoms with Gasteiger partial charge in [-0.1, -0.05) is 23.4 Å². The molecule has 26 heavy (non-hydrogen) atoms. The molecule has 0 amide bonds. The quantitative estimate of drug-likeness (QED) is 0.448. The largest absolute Gasteiger partial charge is 0.383 e. The van der Waals surface area contributed by atoms with Crippen LogP contribution in [0.1, 0.15) is 12.4 Å². The number of fused-ring (bicyclic) bond motifs is 1. The summed E-state index contributed by atoms with van der Waals surface area (Å²) in [6, 6.07) is 4.84. The number of benzene rings is 1. The first-order valence-electron chi connectivity index (χ1n) is 7.63. The molecule has 0 saturated carbocycles. The Labute approximate surface area is 156 Å². The molecule has 2 aromatic heterocycles. The lowest BCUT2D eigenvalue weighted by Gasteiger charge is -2.13. The van der Waals surface area contributed by atoms with Crippen molar-refractivity contribution in [3.8, 4) is 0 Å². The number of thioether (sulfide) groups is 1. The van der Waals surface area contributed by atoms with Crippen LogP contribution in [0.3, 0.4) is 0 Å². The van der Waals surface area contributed by atoms with Crippen LogP contribution in [-0.2, 0) is 17.0 Å². The van der Waals surface area contributed by atoms with Gasteiger partial charge in [0.25, 0.3) is 5.56 Å². The fourth-order valence-corrected chi connectivity index (χ4v) is 3.57. The van der Waals surface area contributed by atoms with E-state index in [2.05, 4.69) is 9.97 Å². The number of imidazole rings is 1. The number of ether oxygens (including phenoxy) is 1. The molecule has 0 aliphatic rings. The molecule has 0 aliphatic heterocycles. The van der Waals surface area contributed by atoms with Gasteiger partial charge in [-0.3, -0.25) is 13.9 Å². The summed E-state index contributed by atoms with van der Waals surface area (Å²) in [4.78, 5) is 21.2. The van der Waals surface area contributed by atoms with Crippen LogP contribution in [0, 0.1) is 0 Å². The molecule has 3 rings (SSSR count). The topological polar surface area (TPSA) is 61.9 Å². The molecule has 0 spiro atoms. The SMILES string of the molecule is COCCn1c(SCc2nccn2C(F)F)nc2cc(Cl)ccc2c1=O. The van der Waals surface area contributed by atoms with Crippen molar-refractivity contribution >= 4 is 34.3 Å². The number of rotatable bonds is 7. The average molecular weight is 401 g/mol. The van der Waals surface area contributed by atoms with Crippen molar-refractivity contribution in [2.45, 2.75) is 24.0 Å². The van der Waals surface area contributed by atoms with Gasteiger partial charge in [-0.2, -0.15) is 8.78 Å². The molecule has 0 atom stereocenters. The third-order valence-corrected chi connectivity index (χ3v) is 4.90. The zero-order valence-electron chi connectivity index (χ0n) is 13.7. The highest BCUT2D eigenvalue weighted by Crippen LogP contribution is 2.24. The normalized spacial score (nSPS) is 11.6. The highest BCUT2D eigenvalue weighted by Gasteiger charge is 2.15. The van der Waals surface area contributed by atoms with Gasteiger partial charge in [0.1, 0.15) is 5.82 Å². The first kappa shape index (κ1) is 18.8. The zero-order valence-corrected chi connectivity index (χ0v) is 15.3. The molecule has 0 N–H and O–H groups in total. The molecular weight excluding hydrogens is 386 g/mol. The lowest BCUT2D eigenvalue weighted by atomic mass is 10.2. The standard InChI is InChI=1S/C16H15ClF2N4O2S/c1-25-7-6-23-14(24)11-3-2-10(17)8-12(11)21-16(23)26-9-13-20-4-5-22(13)15(18)19/h2-5,8,15H,6-7,9H2,1H3. The van der Waals surface area contributed by atoms with Crippen LogP contribution >= 0.6 is 23.4 Å². The molecule has 0 unspecified atom stereocenters. The van der Waals surface area contributed by atoms with Crippen LogP contribution in [0.15, 0.2) is 40.5 Å². The van der Waals surface area contributed by atoms with Crippen LogP contribution in [0.2, 0.25) is 5.02 Å². The third kappa shape index (κ3) is 3.89. The minimum absolute atomic E-state index is 0.142. The summed E-state index contributed by atoms with van der Waals surface area (Å²) in [5.74, 6) is 0.340. The Morgan fingerprint density at radius 3 is 2.92 bits per heavy atom. The van der Waals surface area contributed by atoms with Crippen molar-refractivity contribution in [3.05, 3.63) is 51.8 Å². The number of nitrogens with zero attached hydrogens (tertiary/aromatic N) is 4.